The maximum Gasteiger partial charge on any atom is 0.162 e. The summed E-state index contributed by atoms with van der Waals surface area (Å²) in [5.74, 6) is 1.43. The molecule has 0 amide bonds. The van der Waals surface area contributed by atoms with Crippen molar-refractivity contribution in [1.29, 1.82) is 0 Å². The van der Waals surface area contributed by atoms with Crippen molar-refractivity contribution < 1.29 is 9.47 Å². The Balaban J connectivity index is 1.91. The Hall–Kier alpha value is -1.71. The van der Waals surface area contributed by atoms with Crippen molar-refractivity contribution in [3.05, 3.63) is 58.6 Å². The van der Waals surface area contributed by atoms with Gasteiger partial charge in [-0.3, -0.25) is 0 Å². The van der Waals surface area contributed by atoms with Gasteiger partial charge in [0, 0.05) is 17.6 Å². The van der Waals surface area contributed by atoms with Gasteiger partial charge in [-0.05, 0) is 36.6 Å². The Morgan fingerprint density at radius 1 is 1.09 bits per heavy atom. The molecule has 0 aromatic heterocycles. The van der Waals surface area contributed by atoms with E-state index in [2.05, 4.69) is 36.5 Å². The lowest BCUT2D eigenvalue weighted by Gasteiger charge is -2.14. The van der Waals surface area contributed by atoms with Gasteiger partial charge in [-0.2, -0.15) is 0 Å². The Morgan fingerprint density at radius 2 is 1.87 bits per heavy atom. The number of nitrogens with one attached hydrogen (secondary N) is 1. The first-order valence-electron chi connectivity index (χ1n) is 7.98. The van der Waals surface area contributed by atoms with E-state index in [1.807, 2.05) is 18.2 Å². The summed E-state index contributed by atoms with van der Waals surface area (Å²) in [6.07, 6.45) is 1.94. The lowest BCUT2D eigenvalue weighted by atomic mass is 10.1. The number of methoxy groups -OCH3 is 1. The molecule has 0 aliphatic rings. The van der Waals surface area contributed by atoms with Crippen molar-refractivity contribution in [2.45, 2.75) is 26.3 Å². The molecule has 0 aliphatic carbocycles. The Labute approximate surface area is 143 Å². The van der Waals surface area contributed by atoms with Crippen LogP contribution in [0, 0.1) is 0 Å². The predicted octanol–water partition coefficient (Wildman–Crippen LogP) is 4.47. The maximum atomic E-state index is 6.36. The molecule has 0 heterocycles. The fraction of sp³-hybridized carbons (Fsp3) is 0.368. The van der Waals surface area contributed by atoms with Crippen molar-refractivity contribution in [3.8, 4) is 11.5 Å². The minimum absolute atomic E-state index is 0.654. The van der Waals surface area contributed by atoms with Crippen LogP contribution >= 0.6 is 11.6 Å². The molecule has 2 aromatic carbocycles. The van der Waals surface area contributed by atoms with Crippen molar-refractivity contribution in [3.63, 3.8) is 0 Å². The van der Waals surface area contributed by atoms with Crippen LogP contribution in [0.1, 0.15) is 24.5 Å². The van der Waals surface area contributed by atoms with Gasteiger partial charge in [0.25, 0.3) is 0 Å². The second-order valence-electron chi connectivity index (χ2n) is 5.36. The molecule has 0 unspecified atom stereocenters. The Morgan fingerprint density at radius 3 is 2.57 bits per heavy atom. The molecular formula is C19H24ClNO2. The van der Waals surface area contributed by atoms with Crippen molar-refractivity contribution in [2.75, 3.05) is 20.3 Å². The minimum Gasteiger partial charge on any atom is -0.493 e. The Bertz CT molecular complexity index is 602. The molecule has 0 fully saturated rings. The van der Waals surface area contributed by atoms with E-state index in [-0.39, 0.29) is 0 Å². The average Bonchev–Trinajstić information content (AvgIpc) is 2.59. The van der Waals surface area contributed by atoms with Crippen LogP contribution in [0.2, 0.25) is 5.02 Å². The smallest absolute Gasteiger partial charge is 0.162 e. The van der Waals surface area contributed by atoms with Gasteiger partial charge in [-0.1, -0.05) is 48.9 Å². The molecule has 0 bridgehead atoms. The highest BCUT2D eigenvalue weighted by Gasteiger charge is 2.10. The summed E-state index contributed by atoms with van der Waals surface area (Å²) in [4.78, 5) is 0. The number of ether oxygens (including phenoxy) is 2. The van der Waals surface area contributed by atoms with Crippen molar-refractivity contribution in [2.24, 2.45) is 0 Å². The number of halogens is 1. The average molecular weight is 334 g/mol. The summed E-state index contributed by atoms with van der Waals surface area (Å²) in [6.45, 7) is 4.33. The van der Waals surface area contributed by atoms with Gasteiger partial charge < -0.3 is 14.8 Å². The largest absolute Gasteiger partial charge is 0.493 e. The third-order valence-corrected chi connectivity index (χ3v) is 3.89. The van der Waals surface area contributed by atoms with Gasteiger partial charge >= 0.3 is 0 Å². The van der Waals surface area contributed by atoms with Gasteiger partial charge in [-0.25, -0.2) is 0 Å². The molecule has 0 saturated carbocycles. The summed E-state index contributed by atoms with van der Waals surface area (Å²) >= 11 is 6.36. The van der Waals surface area contributed by atoms with E-state index in [0.717, 1.165) is 30.7 Å². The molecule has 0 saturated heterocycles. The number of hydrogen-bond donors (Lipinski definition) is 1. The summed E-state index contributed by atoms with van der Waals surface area (Å²) in [6, 6.07) is 14.2. The highest BCUT2D eigenvalue weighted by molar-refractivity contribution is 6.31. The second kappa shape index (κ2) is 9.43. The molecule has 124 valence electrons. The van der Waals surface area contributed by atoms with Crippen LogP contribution in [0.3, 0.4) is 0 Å². The van der Waals surface area contributed by atoms with Gasteiger partial charge in [0.2, 0.25) is 0 Å². The van der Waals surface area contributed by atoms with E-state index in [9.17, 15) is 0 Å². The summed E-state index contributed by atoms with van der Waals surface area (Å²) in [5.41, 5.74) is 2.34. The summed E-state index contributed by atoms with van der Waals surface area (Å²) in [5, 5.41) is 4.12. The monoisotopic (exact) mass is 333 g/mol. The highest BCUT2D eigenvalue weighted by atomic mass is 35.5. The van der Waals surface area contributed by atoms with E-state index in [0.29, 0.717) is 23.9 Å². The quantitative estimate of drug-likeness (QED) is 0.687. The zero-order chi connectivity index (χ0) is 16.5. The maximum absolute atomic E-state index is 6.36. The van der Waals surface area contributed by atoms with Crippen LogP contribution in [0.5, 0.6) is 11.5 Å². The molecule has 0 spiro atoms. The fourth-order valence-corrected chi connectivity index (χ4v) is 2.52. The molecule has 23 heavy (non-hydrogen) atoms. The van der Waals surface area contributed by atoms with Crippen LogP contribution in [0.25, 0.3) is 0 Å². The molecule has 1 N–H and O–H groups in total. The first kappa shape index (κ1) is 17.6. The lowest BCUT2D eigenvalue weighted by Crippen LogP contribution is -2.17. The number of hydrogen-bond acceptors (Lipinski definition) is 3. The third kappa shape index (κ3) is 5.45. The molecule has 0 aliphatic heterocycles. The molecule has 0 radical (unpaired) electrons. The van der Waals surface area contributed by atoms with Gasteiger partial charge in [0.1, 0.15) is 0 Å². The zero-order valence-electron chi connectivity index (χ0n) is 13.8. The SMILES string of the molecule is CCCOc1cc(Cl)c(CNCCc2ccccc2)cc1OC. The molecule has 2 aromatic rings. The topological polar surface area (TPSA) is 30.5 Å². The van der Waals surface area contributed by atoms with E-state index in [4.69, 9.17) is 21.1 Å². The third-order valence-electron chi connectivity index (χ3n) is 3.54. The van der Waals surface area contributed by atoms with E-state index in [1.165, 1.54) is 5.56 Å². The van der Waals surface area contributed by atoms with E-state index in [1.54, 1.807) is 7.11 Å². The molecule has 0 atom stereocenters. The predicted molar refractivity (Wildman–Crippen MR) is 95.6 cm³/mol. The van der Waals surface area contributed by atoms with Gasteiger partial charge in [-0.15, -0.1) is 0 Å². The molecule has 4 heteroatoms. The first-order valence-corrected chi connectivity index (χ1v) is 8.36. The van der Waals surface area contributed by atoms with Crippen LogP contribution in [-0.2, 0) is 13.0 Å². The van der Waals surface area contributed by atoms with Crippen LogP contribution < -0.4 is 14.8 Å². The van der Waals surface area contributed by atoms with E-state index < -0.39 is 0 Å². The minimum atomic E-state index is 0.654. The number of rotatable bonds is 9. The fourth-order valence-electron chi connectivity index (χ4n) is 2.30. The van der Waals surface area contributed by atoms with Crippen molar-refractivity contribution in [1.82, 2.24) is 5.32 Å². The highest BCUT2D eigenvalue weighted by Crippen LogP contribution is 2.33. The van der Waals surface area contributed by atoms with Crippen molar-refractivity contribution >= 4 is 11.6 Å². The second-order valence-corrected chi connectivity index (χ2v) is 5.76. The Kier molecular flexibility index (Phi) is 7.24. The van der Waals surface area contributed by atoms with Crippen LogP contribution in [-0.4, -0.2) is 20.3 Å². The molecule has 2 rings (SSSR count). The van der Waals surface area contributed by atoms with Crippen LogP contribution in [0.4, 0.5) is 0 Å². The lowest BCUT2D eigenvalue weighted by molar-refractivity contribution is 0.294. The number of benzene rings is 2. The normalized spacial score (nSPS) is 10.6. The van der Waals surface area contributed by atoms with Gasteiger partial charge in [0.05, 0.1) is 13.7 Å². The molecule has 3 nitrogen and oxygen atoms in total. The van der Waals surface area contributed by atoms with Gasteiger partial charge in [0.15, 0.2) is 11.5 Å². The zero-order valence-corrected chi connectivity index (χ0v) is 14.5. The standard InChI is InChI=1S/C19H24ClNO2/c1-3-11-23-19-13-17(20)16(12-18(19)22-2)14-21-10-9-15-7-5-4-6-8-15/h4-8,12-13,21H,3,9-11,14H2,1-2H3. The first-order chi connectivity index (χ1) is 11.2. The van der Waals surface area contributed by atoms with E-state index >= 15 is 0 Å². The molecular weight excluding hydrogens is 310 g/mol. The summed E-state index contributed by atoms with van der Waals surface area (Å²) < 4.78 is 11.1. The van der Waals surface area contributed by atoms with Crippen LogP contribution in [0.15, 0.2) is 42.5 Å². The summed E-state index contributed by atoms with van der Waals surface area (Å²) in [7, 11) is 1.65.